The van der Waals surface area contributed by atoms with Crippen molar-refractivity contribution in [3.8, 4) is 0 Å². The van der Waals surface area contributed by atoms with Crippen LogP contribution in [-0.2, 0) is 4.79 Å². The fourth-order valence-electron chi connectivity index (χ4n) is 9.19. The van der Waals surface area contributed by atoms with Crippen molar-refractivity contribution < 1.29 is 20.1 Å². The van der Waals surface area contributed by atoms with E-state index in [1.165, 1.54) is 263 Å². The van der Waals surface area contributed by atoms with Crippen molar-refractivity contribution in [2.75, 3.05) is 6.61 Å². The summed E-state index contributed by atoms with van der Waals surface area (Å²) in [6.07, 6.45) is 65.4. The molecule has 1 amide bonds. The molecule has 0 saturated carbocycles. The number of aliphatic hydroxyl groups is 3. The van der Waals surface area contributed by atoms with Gasteiger partial charge in [0.2, 0.25) is 5.91 Å². The molecule has 0 fully saturated rings. The van der Waals surface area contributed by atoms with Crippen molar-refractivity contribution in [1.82, 2.24) is 5.32 Å². The van der Waals surface area contributed by atoms with Crippen LogP contribution < -0.4 is 5.32 Å². The third-order valence-electron chi connectivity index (χ3n) is 13.6. The van der Waals surface area contributed by atoms with Crippen LogP contribution in [0.2, 0.25) is 0 Å². The highest BCUT2D eigenvalue weighted by Crippen LogP contribution is 2.18. The van der Waals surface area contributed by atoms with Gasteiger partial charge in [-0.25, -0.2) is 0 Å². The second kappa shape index (κ2) is 52.7. The first kappa shape index (κ1) is 61.1. The van der Waals surface area contributed by atoms with E-state index < -0.39 is 24.2 Å². The lowest BCUT2D eigenvalue weighted by Gasteiger charge is -2.23. The lowest BCUT2D eigenvalue weighted by atomic mass is 10.0. The van der Waals surface area contributed by atoms with Gasteiger partial charge in [-0.2, -0.15) is 0 Å². The molecule has 5 nitrogen and oxygen atoms in total. The van der Waals surface area contributed by atoms with Crippen LogP contribution in [0.15, 0.2) is 12.2 Å². The highest BCUT2D eigenvalue weighted by Gasteiger charge is 2.23. The number of unbranched alkanes of at least 4 members (excludes halogenated alkanes) is 43. The van der Waals surface area contributed by atoms with Gasteiger partial charge in [0.15, 0.2) is 0 Å². The van der Waals surface area contributed by atoms with E-state index in [1.54, 1.807) is 0 Å². The highest BCUT2D eigenvalue weighted by atomic mass is 16.3. The number of amides is 1. The van der Waals surface area contributed by atoms with Crippen LogP contribution >= 0.6 is 0 Å². The summed E-state index contributed by atoms with van der Waals surface area (Å²) in [7, 11) is 0. The first-order valence-electron chi connectivity index (χ1n) is 28.5. The molecule has 0 bridgehead atoms. The van der Waals surface area contributed by atoms with E-state index in [0.717, 1.165) is 32.1 Å². The molecule has 4 N–H and O–H groups in total. The van der Waals surface area contributed by atoms with Crippen LogP contribution in [0, 0.1) is 0 Å². The summed E-state index contributed by atoms with van der Waals surface area (Å²) in [4.78, 5) is 12.6. The van der Waals surface area contributed by atoms with Crippen LogP contribution in [0.4, 0.5) is 0 Å². The predicted octanol–water partition coefficient (Wildman–Crippen LogP) is 17.5. The average molecular weight is 877 g/mol. The smallest absolute Gasteiger partial charge is 0.249 e. The molecule has 0 aromatic rings. The van der Waals surface area contributed by atoms with Gasteiger partial charge in [0.1, 0.15) is 6.10 Å². The van der Waals surface area contributed by atoms with E-state index in [1.807, 2.05) is 0 Å². The van der Waals surface area contributed by atoms with Gasteiger partial charge in [-0.1, -0.05) is 296 Å². The first-order chi connectivity index (χ1) is 30.6. The van der Waals surface area contributed by atoms with E-state index in [9.17, 15) is 20.1 Å². The van der Waals surface area contributed by atoms with Gasteiger partial charge in [0.25, 0.3) is 0 Å². The fourth-order valence-corrected chi connectivity index (χ4v) is 9.19. The second-order valence-corrected chi connectivity index (χ2v) is 19.9. The minimum absolute atomic E-state index is 0.310. The molecule has 0 saturated heterocycles. The summed E-state index contributed by atoms with van der Waals surface area (Å²) < 4.78 is 0. The van der Waals surface area contributed by atoms with Gasteiger partial charge >= 0.3 is 0 Å². The summed E-state index contributed by atoms with van der Waals surface area (Å²) in [5.41, 5.74) is 0. The summed E-state index contributed by atoms with van der Waals surface area (Å²) in [6.45, 7) is 4.27. The van der Waals surface area contributed by atoms with Gasteiger partial charge in [-0.3, -0.25) is 4.79 Å². The quantitative estimate of drug-likeness (QED) is 0.0362. The van der Waals surface area contributed by atoms with Crippen molar-refractivity contribution in [3.63, 3.8) is 0 Å². The molecule has 370 valence electrons. The van der Waals surface area contributed by atoms with Crippen molar-refractivity contribution in [2.24, 2.45) is 0 Å². The van der Waals surface area contributed by atoms with E-state index in [0.29, 0.717) is 12.8 Å². The molecule has 0 rings (SSSR count). The monoisotopic (exact) mass is 876 g/mol. The van der Waals surface area contributed by atoms with E-state index in [2.05, 4.69) is 31.3 Å². The molecule has 0 aliphatic heterocycles. The lowest BCUT2D eigenvalue weighted by molar-refractivity contribution is -0.131. The van der Waals surface area contributed by atoms with Crippen molar-refractivity contribution in [2.45, 2.75) is 340 Å². The maximum absolute atomic E-state index is 12.6. The summed E-state index contributed by atoms with van der Waals surface area (Å²) in [5.74, 6) is -0.465. The lowest BCUT2D eigenvalue weighted by Crippen LogP contribution is -2.49. The van der Waals surface area contributed by atoms with Crippen LogP contribution in [0.25, 0.3) is 0 Å². The minimum Gasteiger partial charge on any atom is -0.394 e. The van der Waals surface area contributed by atoms with Crippen molar-refractivity contribution in [3.05, 3.63) is 12.2 Å². The summed E-state index contributed by atoms with van der Waals surface area (Å²) >= 11 is 0. The molecule has 0 radical (unpaired) electrons. The maximum Gasteiger partial charge on any atom is 0.249 e. The van der Waals surface area contributed by atoms with Gasteiger partial charge in [-0.05, 0) is 38.5 Å². The second-order valence-electron chi connectivity index (χ2n) is 19.9. The zero-order chi connectivity index (χ0) is 45.1. The fraction of sp³-hybridized carbons (Fsp3) is 0.947. The Bertz CT molecular complexity index is 879. The summed E-state index contributed by atoms with van der Waals surface area (Å²) in [6, 6.07) is -0.710. The maximum atomic E-state index is 12.6. The molecular formula is C57H113NO4. The normalized spacial score (nSPS) is 13.3. The Hall–Kier alpha value is -0.910. The van der Waals surface area contributed by atoms with Crippen LogP contribution in [0.1, 0.15) is 322 Å². The Morgan fingerprint density at radius 1 is 0.371 bits per heavy atom. The molecule has 0 aromatic heterocycles. The molecule has 0 heterocycles. The van der Waals surface area contributed by atoms with E-state index in [4.69, 9.17) is 0 Å². The Balaban J connectivity index is 3.51. The zero-order valence-corrected chi connectivity index (χ0v) is 42.3. The van der Waals surface area contributed by atoms with Gasteiger partial charge in [-0.15, -0.1) is 0 Å². The number of hydrogen-bond acceptors (Lipinski definition) is 4. The molecule has 0 aliphatic carbocycles. The van der Waals surface area contributed by atoms with E-state index >= 15 is 0 Å². The van der Waals surface area contributed by atoms with Crippen molar-refractivity contribution >= 4 is 5.91 Å². The number of nitrogens with one attached hydrogen (secondary N) is 1. The minimum atomic E-state index is -1.07. The van der Waals surface area contributed by atoms with Crippen molar-refractivity contribution in [1.29, 1.82) is 0 Å². The molecule has 0 aromatic carbocycles. The SMILES string of the molecule is CCCCCCCCCCCCCC/C=C\CCCCCCCCCCCCCC(O)C(=O)NC(CO)C(O)CCCCCCCCCCCCCCCCCCCCCCC. The highest BCUT2D eigenvalue weighted by molar-refractivity contribution is 5.80. The molecule has 0 aliphatic rings. The number of allylic oxidation sites excluding steroid dienone is 2. The molecular weight excluding hydrogens is 763 g/mol. The van der Waals surface area contributed by atoms with Crippen LogP contribution in [0.5, 0.6) is 0 Å². The Labute approximate surface area is 389 Å². The third kappa shape index (κ3) is 47.1. The largest absolute Gasteiger partial charge is 0.394 e. The zero-order valence-electron chi connectivity index (χ0n) is 42.3. The Morgan fingerprint density at radius 3 is 0.887 bits per heavy atom. The molecule has 62 heavy (non-hydrogen) atoms. The van der Waals surface area contributed by atoms with Gasteiger partial charge in [0.05, 0.1) is 18.8 Å². The Kier molecular flexibility index (Phi) is 51.9. The number of aliphatic hydroxyl groups excluding tert-OH is 3. The van der Waals surface area contributed by atoms with E-state index in [-0.39, 0.29) is 6.61 Å². The standard InChI is InChI=1S/C57H113NO4/c1-3-5-7-9-11-13-15-17-19-21-23-25-26-27-28-29-30-32-34-36-38-40-42-44-46-48-50-52-56(61)57(62)58-54(53-59)55(60)51-49-47-45-43-41-39-37-35-33-31-24-22-20-18-16-14-12-10-8-6-4-2/h27-28,54-56,59-61H,3-26,29-53H2,1-2H3,(H,58,62)/b28-27-. The third-order valence-corrected chi connectivity index (χ3v) is 13.6. The van der Waals surface area contributed by atoms with Gasteiger partial charge in [0, 0.05) is 0 Å². The summed E-state index contributed by atoms with van der Waals surface area (Å²) in [5, 5.41) is 33.6. The predicted molar refractivity (Wildman–Crippen MR) is 273 cm³/mol. The molecule has 0 spiro atoms. The van der Waals surface area contributed by atoms with Gasteiger partial charge < -0.3 is 20.6 Å². The first-order valence-corrected chi connectivity index (χ1v) is 28.5. The molecule has 3 atom stereocenters. The number of hydrogen-bond donors (Lipinski definition) is 4. The topological polar surface area (TPSA) is 89.8 Å². The van der Waals surface area contributed by atoms with Crippen LogP contribution in [0.3, 0.4) is 0 Å². The molecule has 5 heteroatoms. The number of carbonyl (C=O) groups excluding carboxylic acids is 1. The number of carbonyl (C=O) groups is 1. The average Bonchev–Trinajstić information content (AvgIpc) is 3.28. The molecule has 3 unspecified atom stereocenters. The number of rotatable bonds is 53. The van der Waals surface area contributed by atoms with Crippen LogP contribution in [-0.4, -0.2) is 46.1 Å². The Morgan fingerprint density at radius 2 is 0.613 bits per heavy atom.